The molecule has 1 aromatic carbocycles. The second-order valence-electron chi connectivity index (χ2n) is 4.12. The minimum atomic E-state index is -1.03. The van der Waals surface area contributed by atoms with Gasteiger partial charge >= 0.3 is 5.97 Å². The van der Waals surface area contributed by atoms with Crippen LogP contribution < -0.4 is 0 Å². The molecule has 0 saturated carbocycles. The van der Waals surface area contributed by atoms with Crippen molar-refractivity contribution in [1.82, 2.24) is 4.98 Å². The molecular formula is C14H9NO3. The number of hydrogen-bond donors (Lipinski definition) is 1. The average Bonchev–Trinajstić information content (AvgIpc) is 2.37. The van der Waals surface area contributed by atoms with Crippen LogP contribution in [0.1, 0.15) is 32.8 Å². The van der Waals surface area contributed by atoms with E-state index >= 15 is 0 Å². The molecule has 1 heterocycles. The van der Waals surface area contributed by atoms with Crippen LogP contribution in [0.15, 0.2) is 30.5 Å². The molecule has 0 unspecified atom stereocenters. The van der Waals surface area contributed by atoms with Gasteiger partial charge in [-0.15, -0.1) is 0 Å². The summed E-state index contributed by atoms with van der Waals surface area (Å²) in [6.07, 6.45) is 5.40. The smallest absolute Gasteiger partial charge is 0.336 e. The number of Topliss-reactive ketones (excluding diaryl/α,β-unsaturated/α-hetero) is 1. The summed E-state index contributed by atoms with van der Waals surface area (Å²) in [7, 11) is 0. The van der Waals surface area contributed by atoms with Crippen LogP contribution in [-0.2, 0) is 0 Å². The number of nitrogens with zero attached hydrogens (tertiary/aromatic N) is 1. The summed E-state index contributed by atoms with van der Waals surface area (Å²) in [6, 6.07) is 4.93. The van der Waals surface area contributed by atoms with Crippen LogP contribution in [0.4, 0.5) is 0 Å². The highest BCUT2D eigenvalue weighted by molar-refractivity contribution is 6.17. The maximum Gasteiger partial charge on any atom is 0.336 e. The highest BCUT2D eigenvalue weighted by Gasteiger charge is 2.21. The number of carbonyl (C=O) groups is 2. The highest BCUT2D eigenvalue weighted by Crippen LogP contribution is 2.28. The Morgan fingerprint density at radius 1 is 1.33 bits per heavy atom. The largest absolute Gasteiger partial charge is 0.478 e. The van der Waals surface area contributed by atoms with Crippen LogP contribution in [0, 0.1) is 0 Å². The molecule has 0 atom stereocenters. The number of rotatable bonds is 1. The number of hydrogen-bond acceptors (Lipinski definition) is 3. The lowest BCUT2D eigenvalue weighted by Crippen LogP contribution is -2.10. The molecule has 0 radical (unpaired) electrons. The first-order valence-corrected chi connectivity index (χ1v) is 5.53. The standard InChI is InChI=1S/C14H9NO3/c16-11-6-2-5-10-13(11)12-8(7-15-10)3-1-4-9(12)14(17)18/h1-5,7H,6H2,(H,17,18). The minimum absolute atomic E-state index is 0.0840. The number of pyridine rings is 1. The van der Waals surface area contributed by atoms with Crippen molar-refractivity contribution in [2.24, 2.45) is 0 Å². The lowest BCUT2D eigenvalue weighted by Gasteiger charge is -2.13. The summed E-state index contributed by atoms with van der Waals surface area (Å²) in [5.41, 5.74) is 1.12. The predicted octanol–water partition coefficient (Wildman–Crippen LogP) is 2.53. The van der Waals surface area contributed by atoms with Crippen molar-refractivity contribution < 1.29 is 14.7 Å². The van der Waals surface area contributed by atoms with E-state index < -0.39 is 5.97 Å². The van der Waals surface area contributed by atoms with E-state index in [1.54, 1.807) is 30.5 Å². The number of benzene rings is 1. The van der Waals surface area contributed by atoms with Crippen LogP contribution in [0.25, 0.3) is 16.8 Å². The van der Waals surface area contributed by atoms with Gasteiger partial charge in [0, 0.05) is 23.4 Å². The summed E-state index contributed by atoms with van der Waals surface area (Å²) < 4.78 is 0. The van der Waals surface area contributed by atoms with Gasteiger partial charge in [-0.05, 0) is 12.1 Å². The monoisotopic (exact) mass is 239 g/mol. The van der Waals surface area contributed by atoms with Gasteiger partial charge in [-0.25, -0.2) is 4.79 Å². The Hall–Kier alpha value is -2.49. The number of aromatic carboxylic acids is 1. The van der Waals surface area contributed by atoms with E-state index in [1.165, 1.54) is 6.07 Å². The molecular weight excluding hydrogens is 230 g/mol. The van der Waals surface area contributed by atoms with E-state index in [1.807, 2.05) is 0 Å². The lowest BCUT2D eigenvalue weighted by atomic mass is 9.92. The fourth-order valence-electron chi connectivity index (χ4n) is 2.25. The van der Waals surface area contributed by atoms with E-state index in [0.717, 1.165) is 0 Å². The highest BCUT2D eigenvalue weighted by atomic mass is 16.4. The first-order valence-electron chi connectivity index (χ1n) is 5.53. The topological polar surface area (TPSA) is 67.3 Å². The molecule has 3 rings (SSSR count). The van der Waals surface area contributed by atoms with Gasteiger partial charge in [0.05, 0.1) is 16.8 Å². The molecule has 2 aromatic rings. The zero-order chi connectivity index (χ0) is 12.7. The quantitative estimate of drug-likeness (QED) is 0.830. The number of carboxylic acid groups (broad SMARTS) is 1. The van der Waals surface area contributed by atoms with Crippen molar-refractivity contribution in [1.29, 1.82) is 0 Å². The van der Waals surface area contributed by atoms with Gasteiger partial charge in [-0.1, -0.05) is 18.2 Å². The maximum absolute atomic E-state index is 12.0. The fourth-order valence-corrected chi connectivity index (χ4v) is 2.25. The first kappa shape index (κ1) is 10.7. The molecule has 18 heavy (non-hydrogen) atoms. The Morgan fingerprint density at radius 3 is 2.94 bits per heavy atom. The maximum atomic E-state index is 12.0. The van der Waals surface area contributed by atoms with Crippen LogP contribution in [0.2, 0.25) is 0 Å². The van der Waals surface area contributed by atoms with Crippen molar-refractivity contribution in [2.75, 3.05) is 0 Å². The molecule has 1 aliphatic carbocycles. The zero-order valence-electron chi connectivity index (χ0n) is 9.38. The Balaban J connectivity index is 2.50. The van der Waals surface area contributed by atoms with E-state index in [-0.39, 0.29) is 11.3 Å². The SMILES string of the molecule is O=C(O)c1cccc2cnc3c(c12)C(=O)CC=C3. The number of ketones is 1. The lowest BCUT2D eigenvalue weighted by molar-refractivity contribution is 0.0699. The molecule has 4 nitrogen and oxygen atoms in total. The van der Waals surface area contributed by atoms with E-state index in [2.05, 4.69) is 4.98 Å². The van der Waals surface area contributed by atoms with Gasteiger partial charge in [0.15, 0.2) is 5.78 Å². The number of aromatic nitrogens is 1. The molecule has 1 aromatic heterocycles. The Morgan fingerprint density at radius 2 is 2.17 bits per heavy atom. The molecule has 88 valence electrons. The third kappa shape index (κ3) is 1.43. The van der Waals surface area contributed by atoms with Gasteiger partial charge < -0.3 is 5.11 Å². The average molecular weight is 239 g/mol. The summed E-state index contributed by atoms with van der Waals surface area (Å²) in [4.78, 5) is 27.4. The van der Waals surface area contributed by atoms with Crippen LogP contribution in [0.5, 0.6) is 0 Å². The van der Waals surface area contributed by atoms with Crippen LogP contribution in [0.3, 0.4) is 0 Å². The third-order valence-electron chi connectivity index (χ3n) is 3.03. The number of carboxylic acids is 1. The predicted molar refractivity (Wildman–Crippen MR) is 66.7 cm³/mol. The molecule has 0 saturated heterocycles. The molecule has 0 bridgehead atoms. The van der Waals surface area contributed by atoms with Crippen LogP contribution >= 0.6 is 0 Å². The zero-order valence-corrected chi connectivity index (χ0v) is 9.38. The molecule has 0 aliphatic heterocycles. The summed E-state index contributed by atoms with van der Waals surface area (Å²) in [5.74, 6) is -1.12. The molecule has 0 spiro atoms. The van der Waals surface area contributed by atoms with Crippen molar-refractivity contribution in [3.63, 3.8) is 0 Å². The fraction of sp³-hybridized carbons (Fsp3) is 0.0714. The van der Waals surface area contributed by atoms with Gasteiger partial charge in [0.2, 0.25) is 0 Å². The van der Waals surface area contributed by atoms with Gasteiger partial charge in [-0.2, -0.15) is 0 Å². The molecule has 0 amide bonds. The minimum Gasteiger partial charge on any atom is -0.478 e. The Labute approximate surface area is 103 Å². The second kappa shape index (κ2) is 3.77. The number of allylic oxidation sites excluding steroid dienone is 1. The number of carbonyl (C=O) groups excluding carboxylic acids is 1. The third-order valence-corrected chi connectivity index (χ3v) is 3.03. The first-order chi connectivity index (χ1) is 8.68. The van der Waals surface area contributed by atoms with Crippen LogP contribution in [-0.4, -0.2) is 21.8 Å². The van der Waals surface area contributed by atoms with Crippen molar-refractivity contribution >= 4 is 28.6 Å². The molecule has 1 aliphatic rings. The summed E-state index contributed by atoms with van der Waals surface area (Å²) in [5, 5.41) is 10.4. The summed E-state index contributed by atoms with van der Waals surface area (Å²) in [6.45, 7) is 0. The van der Waals surface area contributed by atoms with E-state index in [4.69, 9.17) is 0 Å². The van der Waals surface area contributed by atoms with Crippen molar-refractivity contribution in [3.8, 4) is 0 Å². The van der Waals surface area contributed by atoms with Crippen molar-refractivity contribution in [2.45, 2.75) is 6.42 Å². The molecule has 1 N–H and O–H groups in total. The Kier molecular flexibility index (Phi) is 2.23. The van der Waals surface area contributed by atoms with Gasteiger partial charge in [-0.3, -0.25) is 9.78 Å². The normalized spacial score (nSPS) is 13.7. The van der Waals surface area contributed by atoms with E-state index in [0.29, 0.717) is 28.5 Å². The second-order valence-corrected chi connectivity index (χ2v) is 4.12. The van der Waals surface area contributed by atoms with Gasteiger partial charge in [0.25, 0.3) is 0 Å². The van der Waals surface area contributed by atoms with Crippen molar-refractivity contribution in [3.05, 3.63) is 47.3 Å². The summed E-state index contributed by atoms with van der Waals surface area (Å²) >= 11 is 0. The van der Waals surface area contributed by atoms with E-state index in [9.17, 15) is 14.7 Å². The Bertz CT molecular complexity index is 716. The molecule has 0 fully saturated rings. The molecule has 4 heteroatoms. The van der Waals surface area contributed by atoms with Gasteiger partial charge in [0.1, 0.15) is 0 Å². The number of fused-ring (bicyclic) bond motifs is 3.